The maximum absolute atomic E-state index is 15.4. The molecule has 6 nitrogen and oxygen atoms in total. The first-order valence-electron chi connectivity index (χ1n) is 8.59. The molecule has 0 fully saturated rings. The van der Waals surface area contributed by atoms with Crippen molar-refractivity contribution in [3.05, 3.63) is 69.9 Å². The second-order valence-corrected chi connectivity index (χ2v) is 9.84. The number of benzene rings is 2. The van der Waals surface area contributed by atoms with Gasteiger partial charge in [0.15, 0.2) is 9.84 Å². The van der Waals surface area contributed by atoms with E-state index < -0.39 is 21.4 Å². The van der Waals surface area contributed by atoms with Crippen molar-refractivity contribution in [1.82, 2.24) is 14.5 Å². The highest BCUT2D eigenvalue weighted by Crippen LogP contribution is 2.35. The fourth-order valence-corrected chi connectivity index (χ4v) is 4.98. The largest absolute Gasteiger partial charge is 0.383 e. The molecule has 0 aliphatic heterocycles. The minimum atomic E-state index is -3.69. The number of fused-ring (bicyclic) bond motifs is 1. The molecule has 2 aromatic carbocycles. The summed E-state index contributed by atoms with van der Waals surface area (Å²) < 4.78 is 43.6. The Bertz CT molecular complexity index is 1330. The maximum atomic E-state index is 15.4. The van der Waals surface area contributed by atoms with Crippen LogP contribution in [0.5, 0.6) is 0 Å². The summed E-state index contributed by atoms with van der Waals surface area (Å²) in [5.74, 6) is -0.802. The van der Waals surface area contributed by atoms with Crippen LogP contribution in [0.1, 0.15) is 5.56 Å². The van der Waals surface area contributed by atoms with Crippen molar-refractivity contribution in [2.24, 2.45) is 7.05 Å². The van der Waals surface area contributed by atoms with E-state index in [0.29, 0.717) is 16.6 Å². The molecule has 0 aliphatic carbocycles. The Labute approximate surface area is 180 Å². The molecule has 0 unspecified atom stereocenters. The van der Waals surface area contributed by atoms with Crippen LogP contribution < -0.4 is 5.73 Å². The number of nitrogen functional groups attached to an aromatic ring is 1. The second kappa shape index (κ2) is 7.38. The van der Waals surface area contributed by atoms with E-state index in [9.17, 15) is 8.42 Å². The Morgan fingerprint density at radius 1 is 1.10 bits per heavy atom. The van der Waals surface area contributed by atoms with E-state index in [1.165, 1.54) is 24.5 Å². The maximum Gasteiger partial charge on any atom is 0.182 e. The summed E-state index contributed by atoms with van der Waals surface area (Å²) in [6.45, 7) is 0. The van der Waals surface area contributed by atoms with Crippen molar-refractivity contribution in [2.75, 3.05) is 5.73 Å². The highest BCUT2D eigenvalue weighted by atomic mass is 127. The number of rotatable bonds is 4. The van der Waals surface area contributed by atoms with Gasteiger partial charge in [-0.15, -0.1) is 0 Å². The van der Waals surface area contributed by atoms with Gasteiger partial charge < -0.3 is 10.3 Å². The molecule has 0 atom stereocenters. The summed E-state index contributed by atoms with van der Waals surface area (Å²) in [4.78, 5) is 8.36. The molecule has 148 valence electrons. The molecule has 9 heteroatoms. The molecule has 2 heterocycles. The van der Waals surface area contributed by atoms with Crippen molar-refractivity contribution in [3.8, 4) is 11.1 Å². The zero-order chi connectivity index (χ0) is 20.8. The lowest BCUT2D eigenvalue weighted by molar-refractivity contribution is 0.588. The van der Waals surface area contributed by atoms with Gasteiger partial charge in [0.1, 0.15) is 23.6 Å². The fraction of sp³-hybridized carbons (Fsp3) is 0.100. The normalized spacial score (nSPS) is 11.8. The van der Waals surface area contributed by atoms with Gasteiger partial charge in [0.2, 0.25) is 0 Å². The molecule has 0 radical (unpaired) electrons. The topological polar surface area (TPSA) is 90.9 Å². The number of hydrogen-bond donors (Lipinski definition) is 1. The van der Waals surface area contributed by atoms with Gasteiger partial charge in [-0.3, -0.25) is 0 Å². The van der Waals surface area contributed by atoms with Crippen molar-refractivity contribution in [2.45, 2.75) is 10.6 Å². The van der Waals surface area contributed by atoms with E-state index in [1.54, 1.807) is 42.1 Å². The first-order chi connectivity index (χ1) is 13.8. The van der Waals surface area contributed by atoms with Gasteiger partial charge in [-0.2, -0.15) is 0 Å². The highest BCUT2D eigenvalue weighted by molar-refractivity contribution is 14.1. The Hall–Kier alpha value is -2.53. The summed E-state index contributed by atoms with van der Waals surface area (Å²) >= 11 is 2.10. The smallest absolute Gasteiger partial charge is 0.182 e. The fourth-order valence-electron chi connectivity index (χ4n) is 3.27. The number of nitrogens with two attached hydrogens (primary N) is 1. The molecule has 0 amide bonds. The third kappa shape index (κ3) is 3.60. The molecule has 0 aliphatic rings. The van der Waals surface area contributed by atoms with E-state index in [2.05, 4.69) is 32.6 Å². The van der Waals surface area contributed by atoms with E-state index in [1.807, 2.05) is 0 Å². The quantitative estimate of drug-likeness (QED) is 0.411. The van der Waals surface area contributed by atoms with Crippen molar-refractivity contribution >= 4 is 49.3 Å². The summed E-state index contributed by atoms with van der Waals surface area (Å²) in [5.41, 5.74) is 7.44. The summed E-state index contributed by atoms with van der Waals surface area (Å²) in [6, 6.07) is 11.2. The molecule has 0 saturated heterocycles. The number of sulfone groups is 1. The van der Waals surface area contributed by atoms with Gasteiger partial charge >= 0.3 is 0 Å². The van der Waals surface area contributed by atoms with E-state index in [4.69, 9.17) is 5.73 Å². The Balaban J connectivity index is 1.81. The van der Waals surface area contributed by atoms with Crippen LogP contribution in [0, 0.1) is 9.39 Å². The van der Waals surface area contributed by atoms with Gasteiger partial charge in [-0.25, -0.2) is 22.8 Å². The van der Waals surface area contributed by atoms with Gasteiger partial charge in [0.05, 0.1) is 16.0 Å². The van der Waals surface area contributed by atoms with Crippen LogP contribution in [-0.2, 0) is 22.6 Å². The molecule has 4 rings (SSSR count). The third-order valence-corrected chi connectivity index (χ3v) is 7.07. The Morgan fingerprint density at radius 2 is 1.83 bits per heavy atom. The number of anilines is 1. The monoisotopic (exact) mass is 522 g/mol. The minimum absolute atomic E-state index is 0.0912. The molecule has 29 heavy (non-hydrogen) atoms. The van der Waals surface area contributed by atoms with Crippen LogP contribution >= 0.6 is 22.6 Å². The average Bonchev–Trinajstić information content (AvgIpc) is 3.02. The second-order valence-electron chi connectivity index (χ2n) is 6.60. The van der Waals surface area contributed by atoms with Crippen LogP contribution in [0.15, 0.2) is 59.9 Å². The van der Waals surface area contributed by atoms with Gasteiger partial charge in [-0.05, 0) is 46.9 Å². The highest BCUT2D eigenvalue weighted by Gasteiger charge is 2.22. The predicted octanol–water partition coefficient (Wildman–Crippen LogP) is 3.94. The first kappa shape index (κ1) is 19.8. The van der Waals surface area contributed by atoms with E-state index >= 15 is 4.39 Å². The Morgan fingerprint density at radius 3 is 2.55 bits per heavy atom. The van der Waals surface area contributed by atoms with Crippen LogP contribution in [-0.4, -0.2) is 23.0 Å². The zero-order valence-electron chi connectivity index (χ0n) is 15.3. The third-order valence-electron chi connectivity index (χ3n) is 4.67. The van der Waals surface area contributed by atoms with Crippen LogP contribution in [0.2, 0.25) is 0 Å². The molecule has 0 spiro atoms. The number of aryl methyl sites for hydroxylation is 1. The van der Waals surface area contributed by atoms with Crippen molar-refractivity contribution < 1.29 is 12.8 Å². The number of hydrogen-bond acceptors (Lipinski definition) is 5. The van der Waals surface area contributed by atoms with Crippen LogP contribution in [0.25, 0.3) is 22.2 Å². The average molecular weight is 522 g/mol. The lowest BCUT2D eigenvalue weighted by atomic mass is 10.0. The first-order valence-corrected chi connectivity index (χ1v) is 11.3. The molecular formula is C20H16FIN4O2S. The SMILES string of the molecule is Cn1cc(-c2cccc(CS(=O)(=O)c3ccc(I)cc3)c2F)c2c(N)ncnc21. The number of aromatic nitrogens is 3. The standard InChI is InChI=1S/C20H16FIN4O2S/c1-26-9-16(17-19(23)24-11-25-20(17)26)15-4-2-3-12(18(15)21)10-29(27,28)14-7-5-13(22)6-8-14/h2-9,11H,10H2,1H3,(H2,23,24,25). The zero-order valence-corrected chi connectivity index (χ0v) is 18.3. The number of nitrogens with zero attached hydrogens (tertiary/aromatic N) is 3. The van der Waals surface area contributed by atoms with Crippen LogP contribution in [0.3, 0.4) is 0 Å². The minimum Gasteiger partial charge on any atom is -0.383 e. The molecule has 0 bridgehead atoms. The summed E-state index contributed by atoms with van der Waals surface area (Å²) in [7, 11) is -1.92. The lowest BCUT2D eigenvalue weighted by Gasteiger charge is -2.10. The molecule has 2 aromatic heterocycles. The van der Waals surface area contributed by atoms with Crippen molar-refractivity contribution in [3.63, 3.8) is 0 Å². The van der Waals surface area contributed by atoms with E-state index in [-0.39, 0.29) is 21.8 Å². The molecule has 0 saturated carbocycles. The summed E-state index contributed by atoms with van der Waals surface area (Å²) in [5, 5.41) is 0.534. The lowest BCUT2D eigenvalue weighted by Crippen LogP contribution is -2.07. The van der Waals surface area contributed by atoms with Gasteiger partial charge in [0, 0.05) is 33.5 Å². The number of halogens is 2. The van der Waals surface area contributed by atoms with Gasteiger partial charge in [0.25, 0.3) is 0 Å². The molecule has 4 aromatic rings. The molecular weight excluding hydrogens is 506 g/mol. The predicted molar refractivity (Wildman–Crippen MR) is 118 cm³/mol. The van der Waals surface area contributed by atoms with Crippen molar-refractivity contribution in [1.29, 1.82) is 0 Å². The van der Waals surface area contributed by atoms with E-state index in [0.717, 1.165) is 3.57 Å². The Kier molecular flexibility index (Phi) is 5.03. The van der Waals surface area contributed by atoms with Crippen LogP contribution in [0.4, 0.5) is 10.2 Å². The molecule has 2 N–H and O–H groups in total. The summed E-state index contributed by atoms with van der Waals surface area (Å²) in [6.07, 6.45) is 3.06. The van der Waals surface area contributed by atoms with Gasteiger partial charge in [-0.1, -0.05) is 18.2 Å².